The van der Waals surface area contributed by atoms with Crippen molar-refractivity contribution in [2.75, 3.05) is 0 Å². The lowest BCUT2D eigenvalue weighted by Gasteiger charge is -1.99. The molecule has 3 aromatic heterocycles. The highest BCUT2D eigenvalue weighted by atomic mass is 16.3. The highest BCUT2D eigenvalue weighted by Gasteiger charge is 2.12. The van der Waals surface area contributed by atoms with Crippen molar-refractivity contribution in [3.8, 4) is 16.9 Å². The maximum absolute atomic E-state index is 12.3. The summed E-state index contributed by atoms with van der Waals surface area (Å²) in [7, 11) is 0. The molecule has 4 aromatic rings. The SMILES string of the molecule is Cc1ccc(C(=O)/C=C/c2cn(-c3ccccc3)nc2-c2cccnc2)o1. The summed E-state index contributed by atoms with van der Waals surface area (Å²) >= 11 is 0. The molecule has 0 aliphatic heterocycles. The molecule has 5 heteroatoms. The van der Waals surface area contributed by atoms with Gasteiger partial charge in [0, 0.05) is 29.7 Å². The fourth-order valence-electron chi connectivity index (χ4n) is 2.76. The molecule has 0 saturated carbocycles. The third-order valence-electron chi connectivity index (χ3n) is 4.10. The second-order valence-corrected chi connectivity index (χ2v) is 6.06. The first-order valence-electron chi connectivity index (χ1n) is 8.55. The number of benzene rings is 1. The van der Waals surface area contributed by atoms with E-state index in [1.165, 1.54) is 6.08 Å². The van der Waals surface area contributed by atoms with Crippen LogP contribution in [0.3, 0.4) is 0 Å². The predicted molar refractivity (Wildman–Crippen MR) is 104 cm³/mol. The summed E-state index contributed by atoms with van der Waals surface area (Å²) in [4.78, 5) is 16.5. The lowest BCUT2D eigenvalue weighted by Crippen LogP contribution is -1.94. The van der Waals surface area contributed by atoms with Crippen LogP contribution in [0.2, 0.25) is 0 Å². The Morgan fingerprint density at radius 1 is 1.07 bits per heavy atom. The van der Waals surface area contributed by atoms with E-state index in [0.717, 1.165) is 22.5 Å². The zero-order valence-corrected chi connectivity index (χ0v) is 14.7. The van der Waals surface area contributed by atoms with Crippen LogP contribution in [-0.4, -0.2) is 20.5 Å². The summed E-state index contributed by atoms with van der Waals surface area (Å²) in [5, 5.41) is 4.70. The van der Waals surface area contributed by atoms with Crippen LogP contribution in [0.15, 0.2) is 83.7 Å². The van der Waals surface area contributed by atoms with Crippen molar-refractivity contribution in [1.29, 1.82) is 0 Å². The average molecular weight is 355 g/mol. The van der Waals surface area contributed by atoms with Gasteiger partial charge in [0.25, 0.3) is 0 Å². The molecule has 1 aromatic carbocycles. The Hall–Kier alpha value is -3.73. The summed E-state index contributed by atoms with van der Waals surface area (Å²) in [6.45, 7) is 1.81. The molecule has 4 rings (SSSR count). The number of para-hydroxylation sites is 1. The molecular weight excluding hydrogens is 338 g/mol. The van der Waals surface area contributed by atoms with Crippen molar-refractivity contribution >= 4 is 11.9 Å². The Labute approximate surface area is 156 Å². The fraction of sp³-hybridized carbons (Fsp3) is 0.0455. The second kappa shape index (κ2) is 7.25. The summed E-state index contributed by atoms with van der Waals surface area (Å²) in [6.07, 6.45) is 8.64. The van der Waals surface area contributed by atoms with Gasteiger partial charge < -0.3 is 4.42 Å². The maximum Gasteiger partial charge on any atom is 0.221 e. The number of allylic oxidation sites excluding steroid dienone is 1. The summed E-state index contributed by atoms with van der Waals surface area (Å²) < 4.78 is 7.19. The molecule has 0 radical (unpaired) electrons. The van der Waals surface area contributed by atoms with Crippen LogP contribution in [0, 0.1) is 6.92 Å². The average Bonchev–Trinajstić information content (AvgIpc) is 3.34. The van der Waals surface area contributed by atoms with Gasteiger partial charge in [0.15, 0.2) is 5.76 Å². The van der Waals surface area contributed by atoms with Gasteiger partial charge in [-0.15, -0.1) is 0 Å². The topological polar surface area (TPSA) is 60.9 Å². The molecule has 5 nitrogen and oxygen atoms in total. The molecular formula is C22H17N3O2. The molecule has 132 valence electrons. The van der Waals surface area contributed by atoms with Gasteiger partial charge in [-0.3, -0.25) is 9.78 Å². The highest BCUT2D eigenvalue weighted by Crippen LogP contribution is 2.24. The number of carbonyl (C=O) groups excluding carboxylic acids is 1. The van der Waals surface area contributed by atoms with Crippen LogP contribution >= 0.6 is 0 Å². The van der Waals surface area contributed by atoms with E-state index in [-0.39, 0.29) is 5.78 Å². The van der Waals surface area contributed by atoms with Crippen LogP contribution < -0.4 is 0 Å². The Morgan fingerprint density at radius 3 is 2.63 bits per heavy atom. The third-order valence-corrected chi connectivity index (χ3v) is 4.10. The molecule has 3 heterocycles. The number of ketones is 1. The first kappa shape index (κ1) is 16.7. The first-order valence-corrected chi connectivity index (χ1v) is 8.55. The summed E-state index contributed by atoms with van der Waals surface area (Å²) in [6, 6.07) is 17.1. The molecule has 27 heavy (non-hydrogen) atoms. The monoisotopic (exact) mass is 355 g/mol. The number of furan rings is 1. The molecule has 0 N–H and O–H groups in total. The van der Waals surface area contributed by atoms with Gasteiger partial charge in [-0.25, -0.2) is 4.68 Å². The van der Waals surface area contributed by atoms with Crippen molar-refractivity contribution in [3.63, 3.8) is 0 Å². The fourth-order valence-corrected chi connectivity index (χ4v) is 2.76. The summed E-state index contributed by atoms with van der Waals surface area (Å²) in [5.41, 5.74) is 3.40. The number of aromatic nitrogens is 3. The standard InChI is InChI=1S/C22H17N3O2/c1-16-9-12-21(27-16)20(26)11-10-18-15-25(19-7-3-2-4-8-19)24-22(18)17-6-5-13-23-14-17/h2-15H,1H3/b11-10+. The van der Waals surface area contributed by atoms with Crippen LogP contribution in [0.5, 0.6) is 0 Å². The van der Waals surface area contributed by atoms with Crippen molar-refractivity contribution in [3.05, 3.63) is 96.3 Å². The number of aryl methyl sites for hydroxylation is 1. The molecule has 0 spiro atoms. The normalized spacial score (nSPS) is 11.1. The Bertz CT molecular complexity index is 1090. The molecule has 0 atom stereocenters. The highest BCUT2D eigenvalue weighted by molar-refractivity contribution is 6.05. The van der Waals surface area contributed by atoms with Crippen molar-refractivity contribution in [1.82, 2.24) is 14.8 Å². The summed E-state index contributed by atoms with van der Waals surface area (Å²) in [5.74, 6) is 0.842. The van der Waals surface area contributed by atoms with E-state index < -0.39 is 0 Å². The van der Waals surface area contributed by atoms with Gasteiger partial charge in [0.1, 0.15) is 11.5 Å². The molecule has 0 bridgehead atoms. The molecule has 0 saturated heterocycles. The lowest BCUT2D eigenvalue weighted by molar-refractivity contribution is 0.102. The van der Waals surface area contributed by atoms with Gasteiger partial charge in [0.05, 0.1) is 5.69 Å². The number of nitrogens with zero attached hydrogens (tertiary/aromatic N) is 3. The van der Waals surface area contributed by atoms with Gasteiger partial charge in [-0.05, 0) is 55.5 Å². The minimum absolute atomic E-state index is 0.187. The van der Waals surface area contributed by atoms with Crippen LogP contribution in [0.4, 0.5) is 0 Å². The number of carbonyl (C=O) groups is 1. The number of hydrogen-bond donors (Lipinski definition) is 0. The smallest absolute Gasteiger partial charge is 0.221 e. The Balaban J connectivity index is 1.73. The largest absolute Gasteiger partial charge is 0.458 e. The molecule has 0 amide bonds. The maximum atomic E-state index is 12.3. The van der Waals surface area contributed by atoms with Gasteiger partial charge in [-0.1, -0.05) is 18.2 Å². The van der Waals surface area contributed by atoms with Gasteiger partial charge in [-0.2, -0.15) is 5.10 Å². The van der Waals surface area contributed by atoms with E-state index in [4.69, 9.17) is 9.52 Å². The van der Waals surface area contributed by atoms with E-state index in [1.807, 2.05) is 55.6 Å². The number of hydrogen-bond acceptors (Lipinski definition) is 4. The van der Waals surface area contributed by atoms with Gasteiger partial charge in [0.2, 0.25) is 5.78 Å². The van der Waals surface area contributed by atoms with E-state index in [2.05, 4.69) is 4.98 Å². The first-order chi connectivity index (χ1) is 13.2. The van der Waals surface area contributed by atoms with Gasteiger partial charge >= 0.3 is 0 Å². The zero-order valence-electron chi connectivity index (χ0n) is 14.7. The van der Waals surface area contributed by atoms with Crippen LogP contribution in [0.1, 0.15) is 21.9 Å². The second-order valence-electron chi connectivity index (χ2n) is 6.06. The zero-order chi connectivity index (χ0) is 18.6. The number of pyridine rings is 1. The third kappa shape index (κ3) is 3.62. The lowest BCUT2D eigenvalue weighted by atomic mass is 10.1. The van der Waals surface area contributed by atoms with E-state index in [1.54, 1.807) is 35.3 Å². The van der Waals surface area contributed by atoms with E-state index in [9.17, 15) is 4.79 Å². The molecule has 0 fully saturated rings. The van der Waals surface area contributed by atoms with Crippen LogP contribution in [-0.2, 0) is 0 Å². The number of rotatable bonds is 5. The quantitative estimate of drug-likeness (QED) is 0.383. The minimum Gasteiger partial charge on any atom is -0.458 e. The van der Waals surface area contributed by atoms with Crippen LogP contribution in [0.25, 0.3) is 23.0 Å². The molecule has 0 aliphatic carbocycles. The van der Waals surface area contributed by atoms with Crippen molar-refractivity contribution in [2.45, 2.75) is 6.92 Å². The van der Waals surface area contributed by atoms with Crippen molar-refractivity contribution < 1.29 is 9.21 Å². The van der Waals surface area contributed by atoms with Crippen molar-refractivity contribution in [2.24, 2.45) is 0 Å². The van der Waals surface area contributed by atoms with E-state index in [0.29, 0.717) is 11.5 Å². The molecule has 0 aliphatic rings. The Kier molecular flexibility index (Phi) is 4.49. The minimum atomic E-state index is -0.187. The van der Waals surface area contributed by atoms with E-state index >= 15 is 0 Å². The predicted octanol–water partition coefficient (Wildman–Crippen LogP) is 4.73. The molecule has 0 unspecified atom stereocenters. The Morgan fingerprint density at radius 2 is 1.93 bits per heavy atom.